The van der Waals surface area contributed by atoms with E-state index in [-0.39, 0.29) is 30.1 Å². The molecule has 2 N–H and O–H groups in total. The topological polar surface area (TPSA) is 51.1 Å². The summed E-state index contributed by atoms with van der Waals surface area (Å²) >= 11 is 0. The van der Waals surface area contributed by atoms with Gasteiger partial charge in [0.2, 0.25) is 0 Å². The van der Waals surface area contributed by atoms with Gasteiger partial charge in [-0.25, -0.2) is 0 Å². The van der Waals surface area contributed by atoms with Crippen molar-refractivity contribution in [3.8, 4) is 0 Å². The lowest BCUT2D eigenvalue weighted by Crippen LogP contribution is -2.52. The van der Waals surface area contributed by atoms with E-state index in [9.17, 15) is 5.11 Å². The molecule has 1 aliphatic heterocycles. The number of guanidine groups is 1. The highest BCUT2D eigenvalue weighted by Crippen LogP contribution is 2.25. The Morgan fingerprint density at radius 3 is 2.57 bits per heavy atom. The van der Waals surface area contributed by atoms with Crippen LogP contribution in [0.1, 0.15) is 31.7 Å². The van der Waals surface area contributed by atoms with E-state index in [0.29, 0.717) is 5.92 Å². The van der Waals surface area contributed by atoms with E-state index in [2.05, 4.69) is 58.5 Å². The van der Waals surface area contributed by atoms with Crippen LogP contribution < -0.4 is 5.32 Å². The molecule has 1 aromatic rings. The first kappa shape index (κ1) is 23.2. The molecular formula is C22H35IN4O. The van der Waals surface area contributed by atoms with Gasteiger partial charge in [-0.05, 0) is 25.3 Å². The molecule has 2 unspecified atom stereocenters. The van der Waals surface area contributed by atoms with E-state index in [1.165, 1.54) is 5.56 Å². The molecule has 0 bridgehead atoms. The van der Waals surface area contributed by atoms with Crippen LogP contribution >= 0.6 is 24.0 Å². The van der Waals surface area contributed by atoms with Gasteiger partial charge >= 0.3 is 0 Å². The van der Waals surface area contributed by atoms with Crippen molar-refractivity contribution in [2.45, 2.75) is 32.3 Å². The average Bonchev–Trinajstić information content (AvgIpc) is 3.11. The van der Waals surface area contributed by atoms with Crippen LogP contribution in [0.4, 0.5) is 0 Å². The Hall–Kier alpha value is -1.12. The molecule has 2 fully saturated rings. The van der Waals surface area contributed by atoms with Gasteiger partial charge in [-0.2, -0.15) is 0 Å². The van der Waals surface area contributed by atoms with Crippen molar-refractivity contribution in [1.82, 2.24) is 15.1 Å². The first-order chi connectivity index (χ1) is 13.3. The molecule has 1 heterocycles. The molecule has 2 aliphatic rings. The number of halogens is 1. The fourth-order valence-corrected chi connectivity index (χ4v) is 3.90. The molecule has 28 heavy (non-hydrogen) atoms. The molecule has 5 nitrogen and oxygen atoms in total. The first-order valence-corrected chi connectivity index (χ1v) is 10.4. The summed E-state index contributed by atoms with van der Waals surface area (Å²) in [4.78, 5) is 9.69. The maximum Gasteiger partial charge on any atom is 0.194 e. The van der Waals surface area contributed by atoms with Crippen molar-refractivity contribution in [2.24, 2.45) is 10.9 Å². The number of benzene rings is 1. The Morgan fingerprint density at radius 1 is 1.18 bits per heavy atom. The van der Waals surface area contributed by atoms with Crippen LogP contribution in [0, 0.1) is 5.92 Å². The lowest BCUT2D eigenvalue weighted by molar-refractivity contribution is 0.136. The average molecular weight is 498 g/mol. The summed E-state index contributed by atoms with van der Waals surface area (Å²) in [5.41, 5.74) is 1.26. The first-order valence-electron chi connectivity index (χ1n) is 10.4. The summed E-state index contributed by atoms with van der Waals surface area (Å²) in [6.45, 7) is 8.83. The van der Waals surface area contributed by atoms with E-state index >= 15 is 0 Å². The van der Waals surface area contributed by atoms with Crippen LogP contribution in [0.2, 0.25) is 0 Å². The number of aliphatic hydroxyl groups is 1. The minimum atomic E-state index is -0.162. The van der Waals surface area contributed by atoms with Crippen molar-refractivity contribution < 1.29 is 5.11 Å². The van der Waals surface area contributed by atoms with Crippen molar-refractivity contribution in [3.05, 3.63) is 42.0 Å². The molecule has 1 aliphatic carbocycles. The SMILES string of the molecule is CCNC(=NCC1CCCC1O)N1CCN(C/C=C/c2ccccc2)CC1.I. The van der Waals surface area contributed by atoms with E-state index in [0.717, 1.165) is 71.0 Å². The number of nitrogens with zero attached hydrogens (tertiary/aromatic N) is 3. The second kappa shape index (κ2) is 12.4. The third-order valence-corrected chi connectivity index (χ3v) is 5.57. The number of aliphatic hydroxyl groups excluding tert-OH is 1. The van der Waals surface area contributed by atoms with Gasteiger partial charge in [0, 0.05) is 51.7 Å². The Balaban J connectivity index is 0.00000280. The molecule has 1 saturated heterocycles. The Labute approximate surface area is 186 Å². The third kappa shape index (κ3) is 7.04. The second-order valence-electron chi connectivity index (χ2n) is 7.55. The highest BCUT2D eigenvalue weighted by atomic mass is 127. The molecule has 6 heteroatoms. The molecule has 1 aromatic carbocycles. The van der Waals surface area contributed by atoms with E-state index < -0.39 is 0 Å². The number of hydrogen-bond donors (Lipinski definition) is 2. The quantitative estimate of drug-likeness (QED) is 0.360. The number of nitrogens with one attached hydrogen (secondary N) is 1. The molecule has 156 valence electrons. The zero-order valence-corrected chi connectivity index (χ0v) is 19.3. The molecule has 1 saturated carbocycles. The summed E-state index contributed by atoms with van der Waals surface area (Å²) in [6.07, 6.45) is 7.46. The number of hydrogen-bond acceptors (Lipinski definition) is 3. The maximum absolute atomic E-state index is 10.0. The standard InChI is InChI=1S/C22H34N4O.HI/c1-2-23-22(24-18-20-11-6-12-21(20)27)26-16-14-25(15-17-26)13-7-10-19-8-4-3-5-9-19;/h3-5,7-10,20-21,27H,2,6,11-18H2,1H3,(H,23,24);1H/b10-7+;. The summed E-state index contributed by atoms with van der Waals surface area (Å²) in [7, 11) is 0. The zero-order valence-electron chi connectivity index (χ0n) is 17.0. The lowest BCUT2D eigenvalue weighted by Gasteiger charge is -2.36. The Kier molecular flexibility index (Phi) is 10.3. The summed E-state index contributed by atoms with van der Waals surface area (Å²) in [5.74, 6) is 1.35. The predicted molar refractivity (Wildman–Crippen MR) is 128 cm³/mol. The summed E-state index contributed by atoms with van der Waals surface area (Å²) in [6, 6.07) is 10.5. The fourth-order valence-electron chi connectivity index (χ4n) is 3.90. The van der Waals surface area contributed by atoms with E-state index in [1.807, 2.05) is 6.07 Å². The van der Waals surface area contributed by atoms with Gasteiger partial charge in [-0.1, -0.05) is 48.9 Å². The number of piperazine rings is 1. The van der Waals surface area contributed by atoms with Crippen molar-refractivity contribution in [2.75, 3.05) is 45.8 Å². The van der Waals surface area contributed by atoms with E-state index in [4.69, 9.17) is 4.99 Å². The second-order valence-corrected chi connectivity index (χ2v) is 7.55. The van der Waals surface area contributed by atoms with Crippen LogP contribution in [0.25, 0.3) is 6.08 Å². The lowest BCUT2D eigenvalue weighted by atomic mass is 10.1. The highest BCUT2D eigenvalue weighted by Gasteiger charge is 2.25. The third-order valence-electron chi connectivity index (χ3n) is 5.57. The molecular weight excluding hydrogens is 463 g/mol. The van der Waals surface area contributed by atoms with E-state index in [1.54, 1.807) is 0 Å². The number of rotatable bonds is 6. The molecule has 2 atom stereocenters. The van der Waals surface area contributed by atoms with Crippen LogP contribution in [0.15, 0.2) is 41.4 Å². The molecule has 0 amide bonds. The van der Waals surface area contributed by atoms with Crippen molar-refractivity contribution >= 4 is 36.0 Å². The normalized spacial score (nSPS) is 23.8. The van der Waals surface area contributed by atoms with Crippen molar-refractivity contribution in [1.29, 1.82) is 0 Å². The highest BCUT2D eigenvalue weighted by molar-refractivity contribution is 14.0. The van der Waals surface area contributed by atoms with Crippen LogP contribution in [-0.2, 0) is 0 Å². The fraction of sp³-hybridized carbons (Fsp3) is 0.591. The summed E-state index contributed by atoms with van der Waals surface area (Å²) < 4.78 is 0. The number of aliphatic imine (C=N–C) groups is 1. The van der Waals surface area contributed by atoms with Crippen molar-refractivity contribution in [3.63, 3.8) is 0 Å². The minimum Gasteiger partial charge on any atom is -0.393 e. The van der Waals surface area contributed by atoms with Crippen LogP contribution in [0.5, 0.6) is 0 Å². The Bertz CT molecular complexity index is 614. The van der Waals surface area contributed by atoms with Gasteiger partial charge in [0.1, 0.15) is 0 Å². The summed E-state index contributed by atoms with van der Waals surface area (Å²) in [5, 5.41) is 13.5. The zero-order chi connectivity index (χ0) is 18.9. The van der Waals surface area contributed by atoms with Gasteiger partial charge in [0.15, 0.2) is 5.96 Å². The maximum atomic E-state index is 10.0. The molecule has 3 rings (SSSR count). The molecule has 0 aromatic heterocycles. The van der Waals surface area contributed by atoms with Gasteiger partial charge < -0.3 is 15.3 Å². The van der Waals surface area contributed by atoms with Gasteiger partial charge in [-0.15, -0.1) is 24.0 Å². The van der Waals surface area contributed by atoms with Crippen LogP contribution in [-0.4, -0.2) is 72.8 Å². The van der Waals surface area contributed by atoms with Gasteiger partial charge in [-0.3, -0.25) is 9.89 Å². The predicted octanol–water partition coefficient (Wildman–Crippen LogP) is 3.06. The monoisotopic (exact) mass is 498 g/mol. The minimum absolute atomic E-state index is 0. The molecule has 0 spiro atoms. The Morgan fingerprint density at radius 2 is 1.93 bits per heavy atom. The van der Waals surface area contributed by atoms with Gasteiger partial charge in [0.25, 0.3) is 0 Å². The molecule has 0 radical (unpaired) electrons. The van der Waals surface area contributed by atoms with Gasteiger partial charge in [0.05, 0.1) is 6.10 Å². The smallest absolute Gasteiger partial charge is 0.194 e. The van der Waals surface area contributed by atoms with Crippen LogP contribution in [0.3, 0.4) is 0 Å². The largest absolute Gasteiger partial charge is 0.393 e.